The van der Waals surface area contributed by atoms with Gasteiger partial charge in [-0.05, 0) is 108 Å². The Hall–Kier alpha value is -3.75. The van der Waals surface area contributed by atoms with Crippen LogP contribution in [0.15, 0.2) is 107 Å². The molecule has 4 aromatic carbocycles. The van der Waals surface area contributed by atoms with E-state index in [0.717, 1.165) is 5.56 Å². The fourth-order valence-corrected chi connectivity index (χ4v) is 5.06. The quantitative estimate of drug-likeness (QED) is 0.214. The largest absolute Gasteiger partial charge is 0.484 e. The van der Waals surface area contributed by atoms with Crippen molar-refractivity contribution in [1.82, 2.24) is 0 Å². The van der Waals surface area contributed by atoms with Gasteiger partial charge in [0, 0.05) is 20.8 Å². The second kappa shape index (κ2) is 12.6. The van der Waals surface area contributed by atoms with Crippen LogP contribution in [0, 0.1) is 0 Å². The highest BCUT2D eigenvalue weighted by Gasteiger charge is 2.34. The number of carbonyl (C=O) groups excluding carboxylic acids is 2. The maximum atomic E-state index is 13.5. The number of amides is 2. The van der Waals surface area contributed by atoms with Gasteiger partial charge < -0.3 is 10.1 Å². The molecule has 40 heavy (non-hydrogen) atoms. The van der Waals surface area contributed by atoms with Crippen molar-refractivity contribution in [2.24, 2.45) is 4.99 Å². The van der Waals surface area contributed by atoms with Gasteiger partial charge in [0.25, 0.3) is 11.8 Å². The van der Waals surface area contributed by atoms with Crippen molar-refractivity contribution in [1.29, 1.82) is 0 Å². The minimum atomic E-state index is -0.295. The second-order valence-corrected chi connectivity index (χ2v) is 10.8. The van der Waals surface area contributed by atoms with Crippen molar-refractivity contribution in [2.45, 2.75) is 0 Å². The van der Waals surface area contributed by atoms with Gasteiger partial charge in [-0.2, -0.15) is 0 Å². The molecule has 0 atom stereocenters. The van der Waals surface area contributed by atoms with Crippen LogP contribution in [0.5, 0.6) is 5.75 Å². The van der Waals surface area contributed by atoms with E-state index in [-0.39, 0.29) is 18.4 Å². The minimum Gasteiger partial charge on any atom is -0.484 e. The Kier molecular flexibility index (Phi) is 8.77. The Labute approximate surface area is 250 Å². The van der Waals surface area contributed by atoms with Gasteiger partial charge in [-0.1, -0.05) is 46.9 Å². The average Bonchev–Trinajstić information content (AvgIpc) is 3.25. The minimum absolute atomic E-state index is 0.155. The fourth-order valence-electron chi connectivity index (χ4n) is 3.68. The van der Waals surface area contributed by atoms with Gasteiger partial charge in [0.1, 0.15) is 5.75 Å². The summed E-state index contributed by atoms with van der Waals surface area (Å²) in [6, 6.07) is 28.0. The molecule has 1 heterocycles. The summed E-state index contributed by atoms with van der Waals surface area (Å²) in [7, 11) is 0. The Morgan fingerprint density at radius 2 is 1.40 bits per heavy atom. The zero-order valence-electron chi connectivity index (χ0n) is 20.7. The molecule has 2 amide bonds. The molecule has 0 unspecified atom stereocenters. The highest BCUT2D eigenvalue weighted by Crippen LogP contribution is 2.38. The van der Waals surface area contributed by atoms with Crippen LogP contribution < -0.4 is 15.0 Å². The number of anilines is 2. The number of amidine groups is 1. The van der Waals surface area contributed by atoms with Crippen LogP contribution in [0.25, 0.3) is 6.08 Å². The second-order valence-electron chi connectivity index (χ2n) is 8.51. The maximum Gasteiger partial charge on any atom is 0.271 e. The van der Waals surface area contributed by atoms with Gasteiger partial charge in [0.2, 0.25) is 0 Å². The molecule has 1 N–H and O–H groups in total. The summed E-state index contributed by atoms with van der Waals surface area (Å²) in [5.74, 6) is 0.0158. The maximum absolute atomic E-state index is 13.5. The molecule has 1 aliphatic heterocycles. The molecular formula is C30H20Cl3N3O3S. The van der Waals surface area contributed by atoms with E-state index in [2.05, 4.69) is 5.32 Å². The van der Waals surface area contributed by atoms with Crippen molar-refractivity contribution in [3.63, 3.8) is 0 Å². The number of carbonyl (C=O) groups is 2. The summed E-state index contributed by atoms with van der Waals surface area (Å²) >= 11 is 19.2. The number of hydrogen-bond donors (Lipinski definition) is 1. The summed E-state index contributed by atoms with van der Waals surface area (Å²) in [5.41, 5.74) is 2.74. The Balaban J connectivity index is 1.30. The van der Waals surface area contributed by atoms with E-state index in [1.54, 1.807) is 95.9 Å². The normalized spacial score (nSPS) is 15.1. The Morgan fingerprint density at radius 1 is 0.825 bits per heavy atom. The van der Waals surface area contributed by atoms with Crippen LogP contribution in [0.4, 0.5) is 17.1 Å². The van der Waals surface area contributed by atoms with Gasteiger partial charge in [0.15, 0.2) is 11.8 Å². The molecule has 1 saturated heterocycles. The predicted molar refractivity (Wildman–Crippen MR) is 165 cm³/mol. The van der Waals surface area contributed by atoms with Crippen LogP contribution in [0.1, 0.15) is 5.56 Å². The standard InChI is InChI=1S/C30H20Cl3N3O3S/c31-20-3-9-23(10-4-20)34-28(37)18-39-26-15-1-19(2-16-26)17-27-29(38)36(25-13-7-22(33)8-14-25)30(40-27)35-24-11-5-21(32)6-12-24/h1-17H,18H2,(H,34,37)/b27-17-,35-30?. The summed E-state index contributed by atoms with van der Waals surface area (Å²) in [4.78, 5) is 32.4. The first-order valence-electron chi connectivity index (χ1n) is 12.0. The number of thioether (sulfide) groups is 1. The number of halogens is 3. The van der Waals surface area contributed by atoms with Crippen LogP contribution in [-0.4, -0.2) is 23.6 Å². The van der Waals surface area contributed by atoms with Crippen molar-refractivity contribution in [3.05, 3.63) is 123 Å². The van der Waals surface area contributed by atoms with Crippen LogP contribution >= 0.6 is 46.6 Å². The third-order valence-corrected chi connectivity index (χ3v) is 7.34. The van der Waals surface area contributed by atoms with E-state index in [1.807, 2.05) is 12.1 Å². The zero-order valence-corrected chi connectivity index (χ0v) is 23.8. The number of ether oxygens (including phenoxy) is 1. The van der Waals surface area contributed by atoms with E-state index in [0.29, 0.717) is 48.0 Å². The number of nitrogens with one attached hydrogen (secondary N) is 1. The summed E-state index contributed by atoms with van der Waals surface area (Å²) < 4.78 is 5.61. The third-order valence-electron chi connectivity index (χ3n) is 5.62. The number of hydrogen-bond acceptors (Lipinski definition) is 5. The number of benzene rings is 4. The molecular weight excluding hydrogens is 589 g/mol. The van der Waals surface area contributed by atoms with Crippen molar-refractivity contribution >= 4 is 86.7 Å². The van der Waals surface area contributed by atoms with Gasteiger partial charge in [0.05, 0.1) is 16.3 Å². The SMILES string of the molecule is O=C(COc1ccc(/C=C2\SC(=Nc3ccc(Cl)cc3)N(c3ccc(Cl)cc3)C2=O)cc1)Nc1ccc(Cl)cc1. The van der Waals surface area contributed by atoms with Crippen molar-refractivity contribution in [2.75, 3.05) is 16.8 Å². The van der Waals surface area contributed by atoms with Gasteiger partial charge in [-0.3, -0.25) is 14.5 Å². The first kappa shape index (κ1) is 27.8. The van der Waals surface area contributed by atoms with Crippen LogP contribution in [-0.2, 0) is 9.59 Å². The average molecular weight is 609 g/mol. The van der Waals surface area contributed by atoms with Crippen molar-refractivity contribution < 1.29 is 14.3 Å². The van der Waals surface area contributed by atoms with Crippen LogP contribution in [0.2, 0.25) is 15.1 Å². The van der Waals surface area contributed by atoms with E-state index in [4.69, 9.17) is 44.5 Å². The molecule has 4 aromatic rings. The molecule has 200 valence electrons. The molecule has 0 bridgehead atoms. The lowest BCUT2D eigenvalue weighted by Gasteiger charge is -2.15. The monoisotopic (exact) mass is 607 g/mol. The van der Waals surface area contributed by atoms with E-state index < -0.39 is 0 Å². The summed E-state index contributed by atoms with van der Waals surface area (Å²) in [6.07, 6.45) is 1.79. The molecule has 6 nitrogen and oxygen atoms in total. The first-order valence-corrected chi connectivity index (χ1v) is 13.9. The molecule has 10 heteroatoms. The fraction of sp³-hybridized carbons (Fsp3) is 0.0333. The highest BCUT2D eigenvalue weighted by molar-refractivity contribution is 8.19. The highest BCUT2D eigenvalue weighted by atomic mass is 35.5. The number of rotatable bonds is 7. The Bertz CT molecular complexity index is 1590. The Morgan fingerprint density at radius 3 is 2.02 bits per heavy atom. The van der Waals surface area contributed by atoms with Gasteiger partial charge >= 0.3 is 0 Å². The smallest absolute Gasteiger partial charge is 0.271 e. The number of nitrogens with zero attached hydrogens (tertiary/aromatic N) is 2. The molecule has 1 fully saturated rings. The molecule has 0 saturated carbocycles. The molecule has 0 spiro atoms. The number of aliphatic imine (C=N–C) groups is 1. The third kappa shape index (κ3) is 7.06. The topological polar surface area (TPSA) is 71.0 Å². The van der Waals surface area contributed by atoms with Crippen molar-refractivity contribution in [3.8, 4) is 5.75 Å². The van der Waals surface area contributed by atoms with E-state index >= 15 is 0 Å². The lowest BCUT2D eigenvalue weighted by Crippen LogP contribution is -2.28. The summed E-state index contributed by atoms with van der Waals surface area (Å²) in [6.45, 7) is -0.155. The first-order chi connectivity index (χ1) is 19.3. The predicted octanol–water partition coefficient (Wildman–Crippen LogP) is 8.47. The molecule has 0 aliphatic carbocycles. The van der Waals surface area contributed by atoms with E-state index in [1.165, 1.54) is 11.8 Å². The lowest BCUT2D eigenvalue weighted by atomic mass is 10.2. The summed E-state index contributed by atoms with van der Waals surface area (Å²) in [5, 5.41) is 5.01. The van der Waals surface area contributed by atoms with Crippen LogP contribution in [0.3, 0.4) is 0 Å². The zero-order chi connectivity index (χ0) is 28.1. The molecule has 5 rings (SSSR count). The molecule has 0 aromatic heterocycles. The van der Waals surface area contributed by atoms with Gasteiger partial charge in [-0.15, -0.1) is 0 Å². The van der Waals surface area contributed by atoms with Gasteiger partial charge in [-0.25, -0.2) is 4.99 Å². The van der Waals surface area contributed by atoms with E-state index in [9.17, 15) is 9.59 Å². The lowest BCUT2D eigenvalue weighted by molar-refractivity contribution is -0.118. The molecule has 1 aliphatic rings. The molecule has 0 radical (unpaired) electrons.